The van der Waals surface area contributed by atoms with Crippen molar-refractivity contribution in [1.82, 2.24) is 20.5 Å². The number of amides is 3. The number of aliphatic hydroxyl groups is 2. The first-order chi connectivity index (χ1) is 16.4. The van der Waals surface area contributed by atoms with Crippen LogP contribution in [0.4, 0.5) is 4.79 Å². The topological polar surface area (TPSA) is 152 Å². The Balaban J connectivity index is 1.76. The van der Waals surface area contributed by atoms with E-state index in [9.17, 15) is 29.7 Å². The lowest BCUT2D eigenvalue weighted by molar-refractivity contribution is -0.142. The van der Waals surface area contributed by atoms with E-state index in [0.717, 1.165) is 16.1 Å². The summed E-state index contributed by atoms with van der Waals surface area (Å²) < 4.78 is 0. The molecule has 1 saturated heterocycles. The molecular weight excluding hydrogens is 472 g/mol. The first kappa shape index (κ1) is 26.6. The number of aryl methyl sites for hydroxylation is 1. The fourth-order valence-corrected chi connectivity index (χ4v) is 5.00. The number of aliphatic hydroxyl groups excluding tert-OH is 2. The fraction of sp³-hybridized carbons (Fsp3) is 0.500. The Morgan fingerprint density at radius 3 is 2.37 bits per heavy atom. The van der Waals surface area contributed by atoms with Crippen molar-refractivity contribution in [2.45, 2.75) is 58.3 Å². The number of nitrogens with zero attached hydrogens (tertiary/aromatic N) is 2. The Bertz CT molecular complexity index is 1060. The predicted octanol–water partition coefficient (Wildman–Crippen LogP) is 1.91. The van der Waals surface area contributed by atoms with Gasteiger partial charge in [-0.1, -0.05) is 45.0 Å². The standard InChI is InChI=1S/C24H32N4O6S/c1-13-19(35-12-25-13)15-7-5-14(6-8-15)17(11-29)26-21(31)18-9-16(30)10-28(18)22(32)20(24(2,3)4)27-23(33)34/h5-8,12,16-18,20,27,29-30H,9-11H2,1-4H3,(H,26,31)(H,33,34)/t16-,17?,18+,20-/m1/s1. The van der Waals surface area contributed by atoms with Crippen molar-refractivity contribution in [2.75, 3.05) is 13.2 Å². The number of thiazole rings is 1. The lowest BCUT2D eigenvalue weighted by Crippen LogP contribution is -2.57. The molecule has 0 spiro atoms. The third-order valence-corrected chi connectivity index (χ3v) is 7.04. The summed E-state index contributed by atoms with van der Waals surface area (Å²) >= 11 is 1.53. The van der Waals surface area contributed by atoms with Crippen molar-refractivity contribution < 1.29 is 29.7 Å². The van der Waals surface area contributed by atoms with Gasteiger partial charge in [0.15, 0.2) is 0 Å². The van der Waals surface area contributed by atoms with Gasteiger partial charge in [0.25, 0.3) is 0 Å². The molecule has 1 aromatic carbocycles. The lowest BCUT2D eigenvalue weighted by Gasteiger charge is -2.35. The molecule has 1 aliphatic heterocycles. The van der Waals surface area contributed by atoms with Crippen molar-refractivity contribution in [2.24, 2.45) is 5.41 Å². The largest absolute Gasteiger partial charge is 0.465 e. The molecule has 0 bridgehead atoms. The Morgan fingerprint density at radius 1 is 1.20 bits per heavy atom. The molecule has 1 aliphatic rings. The Morgan fingerprint density at radius 2 is 1.86 bits per heavy atom. The first-order valence-corrected chi connectivity index (χ1v) is 12.2. The van der Waals surface area contributed by atoms with Gasteiger partial charge in [-0.05, 0) is 23.5 Å². The van der Waals surface area contributed by atoms with Crippen LogP contribution in [-0.4, -0.2) is 74.5 Å². The van der Waals surface area contributed by atoms with Crippen LogP contribution in [0.5, 0.6) is 0 Å². The van der Waals surface area contributed by atoms with Gasteiger partial charge in [-0.15, -0.1) is 11.3 Å². The number of hydrogen-bond donors (Lipinski definition) is 5. The van der Waals surface area contributed by atoms with Crippen LogP contribution in [0.15, 0.2) is 29.8 Å². The van der Waals surface area contributed by atoms with Crippen LogP contribution in [0.2, 0.25) is 0 Å². The van der Waals surface area contributed by atoms with Crippen LogP contribution >= 0.6 is 11.3 Å². The van der Waals surface area contributed by atoms with Gasteiger partial charge in [0, 0.05) is 13.0 Å². The van der Waals surface area contributed by atoms with Crippen LogP contribution in [0.25, 0.3) is 10.4 Å². The highest BCUT2D eigenvalue weighted by atomic mass is 32.1. The summed E-state index contributed by atoms with van der Waals surface area (Å²) in [6.07, 6.45) is -2.26. The third kappa shape index (κ3) is 6.16. The van der Waals surface area contributed by atoms with Gasteiger partial charge in [-0.2, -0.15) is 0 Å². The van der Waals surface area contributed by atoms with E-state index in [2.05, 4.69) is 15.6 Å². The maximum Gasteiger partial charge on any atom is 0.405 e. The average Bonchev–Trinajstić information content (AvgIpc) is 3.40. The quantitative estimate of drug-likeness (QED) is 0.386. The van der Waals surface area contributed by atoms with E-state index in [-0.39, 0.29) is 19.6 Å². The van der Waals surface area contributed by atoms with Crippen LogP contribution < -0.4 is 10.6 Å². The summed E-state index contributed by atoms with van der Waals surface area (Å²) in [4.78, 5) is 44.2. The molecule has 1 unspecified atom stereocenters. The molecule has 0 radical (unpaired) electrons. The van der Waals surface area contributed by atoms with Crippen molar-refractivity contribution in [1.29, 1.82) is 0 Å². The molecular formula is C24H32N4O6S. The van der Waals surface area contributed by atoms with Gasteiger partial charge in [-0.25, -0.2) is 9.78 Å². The molecule has 5 N–H and O–H groups in total. The maximum absolute atomic E-state index is 13.2. The molecule has 1 fully saturated rings. The zero-order valence-corrected chi connectivity index (χ0v) is 21.0. The smallest absolute Gasteiger partial charge is 0.405 e. The van der Waals surface area contributed by atoms with Gasteiger partial charge in [0.1, 0.15) is 12.1 Å². The minimum Gasteiger partial charge on any atom is -0.465 e. The Kier molecular flexibility index (Phi) is 8.14. The number of carbonyl (C=O) groups excluding carboxylic acids is 2. The number of nitrogens with one attached hydrogen (secondary N) is 2. The summed E-state index contributed by atoms with van der Waals surface area (Å²) in [6, 6.07) is 4.60. The molecule has 4 atom stereocenters. The van der Waals surface area contributed by atoms with E-state index in [1.807, 2.05) is 31.2 Å². The highest BCUT2D eigenvalue weighted by Crippen LogP contribution is 2.29. The first-order valence-electron chi connectivity index (χ1n) is 11.3. The van der Waals surface area contributed by atoms with E-state index in [0.29, 0.717) is 5.56 Å². The monoisotopic (exact) mass is 504 g/mol. The molecule has 11 heteroatoms. The van der Waals surface area contributed by atoms with Crippen LogP contribution in [-0.2, 0) is 9.59 Å². The maximum atomic E-state index is 13.2. The summed E-state index contributed by atoms with van der Waals surface area (Å²) in [5.41, 5.74) is 3.60. The van der Waals surface area contributed by atoms with E-state index < -0.39 is 47.6 Å². The summed E-state index contributed by atoms with van der Waals surface area (Å²) in [5.74, 6) is -1.11. The molecule has 0 aliphatic carbocycles. The minimum absolute atomic E-state index is 0.0171. The number of hydrogen-bond acceptors (Lipinski definition) is 7. The van der Waals surface area contributed by atoms with Crippen LogP contribution in [0, 0.1) is 12.3 Å². The van der Waals surface area contributed by atoms with E-state index in [4.69, 9.17) is 0 Å². The van der Waals surface area contributed by atoms with E-state index in [1.54, 1.807) is 26.3 Å². The predicted molar refractivity (Wildman–Crippen MR) is 131 cm³/mol. The van der Waals surface area contributed by atoms with Gasteiger partial charge < -0.3 is 30.9 Å². The molecule has 10 nitrogen and oxygen atoms in total. The van der Waals surface area contributed by atoms with Crippen LogP contribution in [0.1, 0.15) is 44.5 Å². The van der Waals surface area contributed by atoms with Gasteiger partial charge in [0.2, 0.25) is 11.8 Å². The number of aromatic nitrogens is 1. The minimum atomic E-state index is -1.35. The summed E-state index contributed by atoms with van der Waals surface area (Å²) in [7, 11) is 0. The van der Waals surface area contributed by atoms with Crippen molar-refractivity contribution in [3.05, 3.63) is 41.0 Å². The molecule has 2 heterocycles. The Labute approximate surface area is 208 Å². The van der Waals surface area contributed by atoms with E-state index in [1.165, 1.54) is 16.2 Å². The Hall–Kier alpha value is -3.02. The number of carbonyl (C=O) groups is 3. The molecule has 2 aromatic rings. The SMILES string of the molecule is Cc1ncsc1-c1ccc(C(CO)NC(=O)[C@@H]2C[C@@H](O)CN2C(=O)[C@@H](NC(=O)O)C(C)(C)C)cc1. The summed E-state index contributed by atoms with van der Waals surface area (Å²) in [6.45, 7) is 6.62. The van der Waals surface area contributed by atoms with Crippen molar-refractivity contribution in [3.8, 4) is 10.4 Å². The molecule has 35 heavy (non-hydrogen) atoms. The van der Waals surface area contributed by atoms with Gasteiger partial charge >= 0.3 is 6.09 Å². The molecule has 3 rings (SSSR count). The number of benzene rings is 1. The lowest BCUT2D eigenvalue weighted by atomic mass is 9.85. The zero-order chi connectivity index (χ0) is 25.9. The second kappa shape index (κ2) is 10.7. The van der Waals surface area contributed by atoms with Gasteiger partial charge in [0.05, 0.1) is 34.8 Å². The normalized spacial score (nSPS) is 19.8. The second-order valence-corrected chi connectivity index (χ2v) is 10.6. The van der Waals surface area contributed by atoms with Crippen LogP contribution in [0.3, 0.4) is 0 Å². The average molecular weight is 505 g/mol. The number of likely N-dealkylation sites (tertiary alicyclic amines) is 1. The van der Waals surface area contributed by atoms with Crippen molar-refractivity contribution >= 4 is 29.2 Å². The van der Waals surface area contributed by atoms with Crippen molar-refractivity contribution in [3.63, 3.8) is 0 Å². The highest BCUT2D eigenvalue weighted by molar-refractivity contribution is 7.13. The molecule has 190 valence electrons. The fourth-order valence-electron chi connectivity index (χ4n) is 4.19. The zero-order valence-electron chi connectivity index (χ0n) is 20.2. The number of rotatable bonds is 7. The third-order valence-electron chi connectivity index (χ3n) is 6.07. The number of β-amino-alcohol motifs (C(OH)–C–C–N with tert-alkyl or cyclic N) is 1. The summed E-state index contributed by atoms with van der Waals surface area (Å²) in [5, 5.41) is 34.4. The molecule has 3 amide bonds. The second-order valence-electron chi connectivity index (χ2n) is 9.78. The highest BCUT2D eigenvalue weighted by Gasteiger charge is 2.44. The number of carboxylic acid groups (broad SMARTS) is 1. The molecule has 0 saturated carbocycles. The molecule has 1 aromatic heterocycles. The van der Waals surface area contributed by atoms with E-state index >= 15 is 0 Å². The van der Waals surface area contributed by atoms with Gasteiger partial charge in [-0.3, -0.25) is 9.59 Å².